The highest BCUT2D eigenvalue weighted by Crippen LogP contribution is 2.15. The van der Waals surface area contributed by atoms with Gasteiger partial charge in [0.25, 0.3) is 0 Å². The summed E-state index contributed by atoms with van der Waals surface area (Å²) in [6.07, 6.45) is -0.821. The standard InChI is InChI=1S/C14H20N2O3/c1-2-19-13-5-3-4-12(10-13)11-15-6-8-16(9-7-15)14(17)18/h3-5,10H,2,6-9,11H2,1H3,(H,17,18). The van der Waals surface area contributed by atoms with Crippen molar-refractivity contribution < 1.29 is 14.6 Å². The lowest BCUT2D eigenvalue weighted by Gasteiger charge is -2.33. The number of nitrogens with zero attached hydrogens (tertiary/aromatic N) is 2. The summed E-state index contributed by atoms with van der Waals surface area (Å²) in [5, 5.41) is 8.90. The number of carboxylic acid groups (broad SMARTS) is 1. The van der Waals surface area contributed by atoms with Gasteiger partial charge in [0.15, 0.2) is 0 Å². The highest BCUT2D eigenvalue weighted by molar-refractivity contribution is 5.65. The molecule has 1 aliphatic rings. The maximum Gasteiger partial charge on any atom is 0.407 e. The van der Waals surface area contributed by atoms with Crippen LogP contribution in [-0.4, -0.2) is 53.8 Å². The van der Waals surface area contributed by atoms with Crippen LogP contribution >= 0.6 is 0 Å². The second-order valence-electron chi connectivity index (χ2n) is 4.63. The summed E-state index contributed by atoms with van der Waals surface area (Å²) in [6.45, 7) is 6.21. The van der Waals surface area contributed by atoms with Gasteiger partial charge < -0.3 is 14.7 Å². The Morgan fingerprint density at radius 1 is 1.32 bits per heavy atom. The quantitative estimate of drug-likeness (QED) is 0.902. The number of hydrogen-bond donors (Lipinski definition) is 1. The Morgan fingerprint density at radius 2 is 2.05 bits per heavy atom. The van der Waals surface area contributed by atoms with Crippen molar-refractivity contribution in [2.24, 2.45) is 0 Å². The molecule has 1 heterocycles. The predicted molar refractivity (Wildman–Crippen MR) is 72.5 cm³/mol. The first-order valence-electron chi connectivity index (χ1n) is 6.61. The number of hydrogen-bond acceptors (Lipinski definition) is 3. The minimum Gasteiger partial charge on any atom is -0.494 e. The van der Waals surface area contributed by atoms with Crippen LogP contribution in [0, 0.1) is 0 Å². The van der Waals surface area contributed by atoms with Crippen molar-refractivity contribution in [1.29, 1.82) is 0 Å². The third kappa shape index (κ3) is 3.86. The van der Waals surface area contributed by atoms with Crippen LogP contribution in [-0.2, 0) is 6.54 Å². The predicted octanol–water partition coefficient (Wildman–Crippen LogP) is 1.88. The van der Waals surface area contributed by atoms with Crippen LogP contribution in [0.4, 0.5) is 4.79 Å². The van der Waals surface area contributed by atoms with Crippen molar-refractivity contribution in [2.45, 2.75) is 13.5 Å². The molecule has 1 aromatic carbocycles. The Labute approximate surface area is 113 Å². The summed E-state index contributed by atoms with van der Waals surface area (Å²) in [7, 11) is 0. The molecule has 0 radical (unpaired) electrons. The normalized spacial score (nSPS) is 16.4. The molecule has 0 bridgehead atoms. The third-order valence-electron chi connectivity index (χ3n) is 3.26. The van der Waals surface area contributed by atoms with Gasteiger partial charge in [0.05, 0.1) is 6.61 Å². The molecule has 1 fully saturated rings. The van der Waals surface area contributed by atoms with Crippen LogP contribution in [0.2, 0.25) is 0 Å². The summed E-state index contributed by atoms with van der Waals surface area (Å²) >= 11 is 0. The molecule has 1 saturated heterocycles. The number of rotatable bonds is 4. The van der Waals surface area contributed by atoms with Gasteiger partial charge in [0.2, 0.25) is 0 Å². The molecule has 0 unspecified atom stereocenters. The highest BCUT2D eigenvalue weighted by atomic mass is 16.5. The molecule has 1 aromatic rings. The van der Waals surface area contributed by atoms with Crippen molar-refractivity contribution in [1.82, 2.24) is 9.80 Å². The summed E-state index contributed by atoms with van der Waals surface area (Å²) in [6, 6.07) is 8.07. The molecule has 0 aromatic heterocycles. The van der Waals surface area contributed by atoms with E-state index in [9.17, 15) is 4.79 Å². The van der Waals surface area contributed by atoms with Crippen molar-refractivity contribution >= 4 is 6.09 Å². The lowest BCUT2D eigenvalue weighted by Crippen LogP contribution is -2.47. The van der Waals surface area contributed by atoms with E-state index < -0.39 is 6.09 Å². The van der Waals surface area contributed by atoms with Gasteiger partial charge in [0.1, 0.15) is 5.75 Å². The Kier molecular flexibility index (Phi) is 4.63. The van der Waals surface area contributed by atoms with Crippen LogP contribution in [0.15, 0.2) is 24.3 Å². The number of amides is 1. The van der Waals surface area contributed by atoms with Crippen molar-refractivity contribution in [2.75, 3.05) is 32.8 Å². The van der Waals surface area contributed by atoms with Gasteiger partial charge >= 0.3 is 6.09 Å². The average molecular weight is 264 g/mol. The summed E-state index contributed by atoms with van der Waals surface area (Å²) in [4.78, 5) is 14.6. The maximum atomic E-state index is 10.8. The van der Waals surface area contributed by atoms with E-state index in [2.05, 4.69) is 11.0 Å². The fraction of sp³-hybridized carbons (Fsp3) is 0.500. The topological polar surface area (TPSA) is 53.0 Å². The first-order valence-corrected chi connectivity index (χ1v) is 6.61. The fourth-order valence-corrected chi connectivity index (χ4v) is 2.26. The zero-order valence-corrected chi connectivity index (χ0v) is 11.2. The van der Waals surface area contributed by atoms with E-state index in [4.69, 9.17) is 9.84 Å². The molecule has 0 atom stereocenters. The zero-order valence-electron chi connectivity index (χ0n) is 11.2. The minimum atomic E-state index is -0.821. The Hall–Kier alpha value is -1.75. The summed E-state index contributed by atoms with van der Waals surface area (Å²) < 4.78 is 5.48. The molecule has 5 heteroatoms. The molecule has 5 nitrogen and oxygen atoms in total. The summed E-state index contributed by atoms with van der Waals surface area (Å²) in [5.41, 5.74) is 1.20. The van der Waals surface area contributed by atoms with Crippen LogP contribution < -0.4 is 4.74 Å². The number of carbonyl (C=O) groups is 1. The van der Waals surface area contributed by atoms with E-state index >= 15 is 0 Å². The molecule has 104 valence electrons. The van der Waals surface area contributed by atoms with E-state index in [1.165, 1.54) is 10.5 Å². The summed E-state index contributed by atoms with van der Waals surface area (Å²) in [5.74, 6) is 0.893. The van der Waals surface area contributed by atoms with Crippen molar-refractivity contribution in [3.63, 3.8) is 0 Å². The minimum absolute atomic E-state index is 0.584. The first-order chi connectivity index (χ1) is 9.19. The van der Waals surface area contributed by atoms with Crippen LogP contribution in [0.25, 0.3) is 0 Å². The van der Waals surface area contributed by atoms with Gasteiger partial charge in [-0.2, -0.15) is 0 Å². The number of piperazine rings is 1. The Balaban J connectivity index is 1.88. The second-order valence-corrected chi connectivity index (χ2v) is 4.63. The van der Waals surface area contributed by atoms with Crippen LogP contribution in [0.3, 0.4) is 0 Å². The van der Waals surface area contributed by atoms with Gasteiger partial charge in [-0.1, -0.05) is 12.1 Å². The van der Waals surface area contributed by atoms with Gasteiger partial charge in [-0.25, -0.2) is 4.79 Å². The van der Waals surface area contributed by atoms with Crippen LogP contribution in [0.5, 0.6) is 5.75 Å². The highest BCUT2D eigenvalue weighted by Gasteiger charge is 2.20. The molecule has 1 N–H and O–H groups in total. The molecular formula is C14H20N2O3. The van der Waals surface area contributed by atoms with E-state index in [0.29, 0.717) is 19.7 Å². The van der Waals surface area contributed by atoms with E-state index in [1.54, 1.807) is 0 Å². The first kappa shape index (κ1) is 13.7. The zero-order chi connectivity index (χ0) is 13.7. The van der Waals surface area contributed by atoms with Crippen molar-refractivity contribution in [3.05, 3.63) is 29.8 Å². The molecule has 1 amide bonds. The second kappa shape index (κ2) is 6.43. The monoisotopic (exact) mass is 264 g/mol. The fourth-order valence-electron chi connectivity index (χ4n) is 2.26. The molecule has 0 saturated carbocycles. The molecular weight excluding hydrogens is 244 g/mol. The Morgan fingerprint density at radius 3 is 2.68 bits per heavy atom. The lowest BCUT2D eigenvalue weighted by molar-refractivity contribution is 0.103. The van der Waals surface area contributed by atoms with E-state index in [-0.39, 0.29) is 0 Å². The third-order valence-corrected chi connectivity index (χ3v) is 3.26. The van der Waals surface area contributed by atoms with Gasteiger partial charge in [-0.15, -0.1) is 0 Å². The van der Waals surface area contributed by atoms with Gasteiger partial charge in [-0.05, 0) is 24.6 Å². The van der Waals surface area contributed by atoms with E-state index in [0.717, 1.165) is 25.4 Å². The number of ether oxygens (including phenoxy) is 1. The van der Waals surface area contributed by atoms with Gasteiger partial charge in [0, 0.05) is 32.7 Å². The van der Waals surface area contributed by atoms with Gasteiger partial charge in [-0.3, -0.25) is 4.90 Å². The lowest BCUT2D eigenvalue weighted by atomic mass is 10.2. The molecule has 2 rings (SSSR count). The number of benzene rings is 1. The van der Waals surface area contributed by atoms with Crippen LogP contribution in [0.1, 0.15) is 12.5 Å². The maximum absolute atomic E-state index is 10.8. The largest absolute Gasteiger partial charge is 0.494 e. The molecule has 0 spiro atoms. The Bertz CT molecular complexity index is 428. The SMILES string of the molecule is CCOc1cccc(CN2CCN(C(=O)O)CC2)c1. The molecule has 1 aliphatic heterocycles. The van der Waals surface area contributed by atoms with E-state index in [1.807, 2.05) is 25.1 Å². The smallest absolute Gasteiger partial charge is 0.407 e. The average Bonchev–Trinajstić information content (AvgIpc) is 2.40. The molecule has 0 aliphatic carbocycles. The van der Waals surface area contributed by atoms with Crippen molar-refractivity contribution in [3.8, 4) is 5.75 Å². The molecule has 19 heavy (non-hydrogen) atoms.